The first-order chi connectivity index (χ1) is 15.9. The van der Waals surface area contributed by atoms with Gasteiger partial charge in [-0.15, -0.1) is 11.3 Å². The number of nitrogens with zero attached hydrogens (tertiary/aromatic N) is 1. The van der Waals surface area contributed by atoms with E-state index in [0.29, 0.717) is 28.5 Å². The summed E-state index contributed by atoms with van der Waals surface area (Å²) >= 11 is 1.14. The minimum Gasteiger partial charge on any atom is -0.493 e. The van der Waals surface area contributed by atoms with Crippen molar-refractivity contribution in [3.05, 3.63) is 81.2 Å². The summed E-state index contributed by atoms with van der Waals surface area (Å²) in [6, 6.07) is 13.3. The molecule has 0 aliphatic rings. The highest BCUT2D eigenvalue weighted by Crippen LogP contribution is 2.37. The number of esters is 1. The van der Waals surface area contributed by atoms with Crippen LogP contribution in [0.25, 0.3) is 17.2 Å². The van der Waals surface area contributed by atoms with Gasteiger partial charge in [0.2, 0.25) is 5.91 Å². The molecular weight excluding hydrogens is 444 g/mol. The van der Waals surface area contributed by atoms with Crippen LogP contribution in [0.1, 0.15) is 29.8 Å². The normalized spacial score (nSPS) is 10.7. The van der Waals surface area contributed by atoms with E-state index in [1.165, 1.54) is 24.3 Å². The summed E-state index contributed by atoms with van der Waals surface area (Å²) in [4.78, 5) is 35.9. The van der Waals surface area contributed by atoms with Crippen molar-refractivity contribution in [1.29, 1.82) is 0 Å². The van der Waals surface area contributed by atoms with Crippen LogP contribution in [0.15, 0.2) is 60.0 Å². The van der Waals surface area contributed by atoms with Gasteiger partial charge in [0.05, 0.1) is 18.1 Å². The van der Waals surface area contributed by atoms with E-state index in [2.05, 4.69) is 5.32 Å². The smallest absolute Gasteiger partial charge is 0.341 e. The van der Waals surface area contributed by atoms with E-state index in [1.54, 1.807) is 24.4 Å². The Labute approximate surface area is 194 Å². The molecule has 170 valence electrons. The highest BCUT2D eigenvalue weighted by atomic mass is 32.1. The van der Waals surface area contributed by atoms with Crippen molar-refractivity contribution < 1.29 is 24.0 Å². The molecule has 33 heavy (non-hydrogen) atoms. The van der Waals surface area contributed by atoms with E-state index in [9.17, 15) is 19.7 Å². The number of para-hydroxylation sites is 1. The molecule has 0 bridgehead atoms. The number of nitrogens with one attached hydrogen (secondary N) is 1. The van der Waals surface area contributed by atoms with Gasteiger partial charge < -0.3 is 14.8 Å². The summed E-state index contributed by atoms with van der Waals surface area (Å²) in [5, 5.41) is 15.8. The topological polar surface area (TPSA) is 108 Å². The third-order valence-corrected chi connectivity index (χ3v) is 5.40. The number of carbonyl (C=O) groups is 2. The van der Waals surface area contributed by atoms with Crippen LogP contribution in [0.2, 0.25) is 0 Å². The molecule has 1 aromatic heterocycles. The van der Waals surface area contributed by atoms with Crippen LogP contribution >= 0.6 is 11.3 Å². The minimum atomic E-state index is -0.624. The van der Waals surface area contributed by atoms with Crippen LogP contribution in [-0.4, -0.2) is 30.0 Å². The highest BCUT2D eigenvalue weighted by Gasteiger charge is 2.23. The van der Waals surface area contributed by atoms with Crippen molar-refractivity contribution >= 4 is 40.0 Å². The molecule has 0 saturated heterocycles. The summed E-state index contributed by atoms with van der Waals surface area (Å²) in [5.74, 6) is -0.416. The Morgan fingerprint density at radius 3 is 2.64 bits per heavy atom. The first-order valence-corrected chi connectivity index (χ1v) is 11.1. The van der Waals surface area contributed by atoms with Crippen LogP contribution in [-0.2, 0) is 9.53 Å². The first kappa shape index (κ1) is 23.7. The average Bonchev–Trinajstić information content (AvgIpc) is 3.22. The number of carbonyl (C=O) groups excluding carboxylic acids is 2. The molecule has 0 aliphatic heterocycles. The van der Waals surface area contributed by atoms with Gasteiger partial charge in [-0.25, -0.2) is 4.79 Å². The molecular formula is C24H22N2O6S. The lowest BCUT2D eigenvalue weighted by molar-refractivity contribution is -0.384. The number of hydrogen-bond donors (Lipinski definition) is 1. The second-order valence-electron chi connectivity index (χ2n) is 6.67. The highest BCUT2D eigenvalue weighted by molar-refractivity contribution is 7.15. The van der Waals surface area contributed by atoms with Crippen molar-refractivity contribution in [2.45, 2.75) is 13.8 Å². The Kier molecular flexibility index (Phi) is 7.93. The molecule has 1 heterocycles. The average molecular weight is 467 g/mol. The van der Waals surface area contributed by atoms with Gasteiger partial charge in [0.1, 0.15) is 16.3 Å². The van der Waals surface area contributed by atoms with E-state index in [0.717, 1.165) is 16.9 Å². The van der Waals surface area contributed by atoms with Crippen molar-refractivity contribution in [3.8, 4) is 16.9 Å². The SMILES string of the molecule is CCOC(=O)c1c(-c2cccc([N+](=O)[O-])c2)csc1NC(=O)C=Cc1ccccc1OCC. The molecule has 8 nitrogen and oxygen atoms in total. The predicted molar refractivity (Wildman–Crippen MR) is 128 cm³/mol. The van der Waals surface area contributed by atoms with E-state index >= 15 is 0 Å². The van der Waals surface area contributed by atoms with E-state index < -0.39 is 16.8 Å². The van der Waals surface area contributed by atoms with Gasteiger partial charge in [-0.3, -0.25) is 14.9 Å². The number of rotatable bonds is 9. The lowest BCUT2D eigenvalue weighted by Gasteiger charge is -2.08. The van der Waals surface area contributed by atoms with Crippen LogP contribution in [0.5, 0.6) is 5.75 Å². The Balaban J connectivity index is 1.90. The molecule has 1 amide bonds. The molecule has 0 aliphatic carbocycles. The summed E-state index contributed by atoms with van der Waals surface area (Å²) in [6.07, 6.45) is 2.97. The Bertz CT molecular complexity index is 1200. The molecule has 9 heteroatoms. The number of benzene rings is 2. The number of nitro benzene ring substituents is 1. The van der Waals surface area contributed by atoms with Crippen LogP contribution in [0.4, 0.5) is 10.7 Å². The second kappa shape index (κ2) is 11.1. The fourth-order valence-corrected chi connectivity index (χ4v) is 4.04. The van der Waals surface area contributed by atoms with Crippen LogP contribution in [0, 0.1) is 10.1 Å². The third-order valence-electron chi connectivity index (χ3n) is 4.51. The second-order valence-corrected chi connectivity index (χ2v) is 7.55. The van der Waals surface area contributed by atoms with E-state index in [-0.39, 0.29) is 17.9 Å². The maximum Gasteiger partial charge on any atom is 0.341 e. The van der Waals surface area contributed by atoms with E-state index in [4.69, 9.17) is 9.47 Å². The molecule has 0 saturated carbocycles. The maximum absolute atomic E-state index is 12.7. The van der Waals surface area contributed by atoms with Crippen molar-refractivity contribution in [1.82, 2.24) is 0 Å². The quantitative estimate of drug-likeness (QED) is 0.192. The fourth-order valence-electron chi connectivity index (χ4n) is 3.08. The van der Waals surface area contributed by atoms with Gasteiger partial charge in [0, 0.05) is 34.7 Å². The predicted octanol–water partition coefficient (Wildman–Crippen LogP) is 5.55. The van der Waals surface area contributed by atoms with Crippen molar-refractivity contribution in [2.24, 2.45) is 0 Å². The van der Waals surface area contributed by atoms with Gasteiger partial charge in [-0.1, -0.05) is 30.3 Å². The largest absolute Gasteiger partial charge is 0.493 e. The summed E-state index contributed by atoms with van der Waals surface area (Å²) < 4.78 is 10.7. The van der Waals surface area contributed by atoms with Gasteiger partial charge in [-0.2, -0.15) is 0 Å². The zero-order valence-corrected chi connectivity index (χ0v) is 18.9. The monoisotopic (exact) mass is 466 g/mol. The number of thiophene rings is 1. The maximum atomic E-state index is 12.7. The molecule has 2 aromatic carbocycles. The van der Waals surface area contributed by atoms with Crippen LogP contribution < -0.4 is 10.1 Å². The Morgan fingerprint density at radius 2 is 1.91 bits per heavy atom. The zero-order chi connectivity index (χ0) is 23.8. The zero-order valence-electron chi connectivity index (χ0n) is 18.1. The van der Waals surface area contributed by atoms with Gasteiger partial charge >= 0.3 is 5.97 Å². The molecule has 3 rings (SSSR count). The molecule has 0 spiro atoms. The lowest BCUT2D eigenvalue weighted by atomic mass is 10.0. The number of hydrogen-bond acceptors (Lipinski definition) is 7. The van der Waals surface area contributed by atoms with Gasteiger partial charge in [-0.05, 0) is 31.6 Å². The molecule has 1 N–H and O–H groups in total. The van der Waals surface area contributed by atoms with E-state index in [1.807, 2.05) is 31.2 Å². The lowest BCUT2D eigenvalue weighted by Crippen LogP contribution is -2.12. The number of nitro groups is 1. The van der Waals surface area contributed by atoms with Crippen LogP contribution in [0.3, 0.4) is 0 Å². The number of amides is 1. The molecule has 0 unspecified atom stereocenters. The number of ether oxygens (including phenoxy) is 2. The Morgan fingerprint density at radius 1 is 1.12 bits per heavy atom. The number of anilines is 1. The molecule has 0 radical (unpaired) electrons. The molecule has 3 aromatic rings. The summed E-state index contributed by atoms with van der Waals surface area (Å²) in [6.45, 7) is 4.19. The van der Waals surface area contributed by atoms with Gasteiger partial charge in [0.15, 0.2) is 0 Å². The standard InChI is InChI=1S/C24H22N2O6S/c1-3-31-20-11-6-5-8-16(20)12-13-21(27)25-23-22(24(28)32-4-2)19(15-33-23)17-9-7-10-18(14-17)26(29)30/h5-15H,3-4H2,1-2H3,(H,25,27). The minimum absolute atomic E-state index is 0.102. The molecule has 0 fully saturated rings. The molecule has 0 atom stereocenters. The van der Waals surface area contributed by atoms with Gasteiger partial charge in [0.25, 0.3) is 5.69 Å². The third kappa shape index (κ3) is 5.83. The summed E-state index contributed by atoms with van der Waals surface area (Å²) in [5.41, 5.74) is 1.71. The fraction of sp³-hybridized carbons (Fsp3) is 0.167. The Hall–Kier alpha value is -3.98. The number of non-ortho nitro benzene ring substituents is 1. The summed E-state index contributed by atoms with van der Waals surface area (Å²) in [7, 11) is 0. The van der Waals surface area contributed by atoms with Crippen molar-refractivity contribution in [3.63, 3.8) is 0 Å². The van der Waals surface area contributed by atoms with Crippen molar-refractivity contribution in [2.75, 3.05) is 18.5 Å². The first-order valence-electron chi connectivity index (χ1n) is 10.2.